The van der Waals surface area contributed by atoms with Gasteiger partial charge in [0.2, 0.25) is 5.91 Å². The summed E-state index contributed by atoms with van der Waals surface area (Å²) in [4.78, 5) is 23.6. The first-order valence-corrected chi connectivity index (χ1v) is 7.74. The van der Waals surface area contributed by atoms with Gasteiger partial charge in [-0.25, -0.2) is 0 Å². The Bertz CT molecular complexity index is 507. The number of carbonyl (C=O) groups is 2. The van der Waals surface area contributed by atoms with E-state index in [-0.39, 0.29) is 23.9 Å². The van der Waals surface area contributed by atoms with E-state index < -0.39 is 0 Å². The number of anilines is 1. The van der Waals surface area contributed by atoms with Crippen molar-refractivity contribution in [1.82, 2.24) is 10.6 Å². The van der Waals surface area contributed by atoms with Crippen LogP contribution in [-0.4, -0.2) is 44.2 Å². The van der Waals surface area contributed by atoms with Gasteiger partial charge >= 0.3 is 0 Å². The lowest BCUT2D eigenvalue weighted by Crippen LogP contribution is -2.43. The zero-order valence-electron chi connectivity index (χ0n) is 14.4. The normalized spacial score (nSPS) is 11.0. The molecule has 0 saturated heterocycles. The number of benzene rings is 1. The fraction of sp³-hybridized carbons (Fsp3) is 0.529. The van der Waals surface area contributed by atoms with Gasteiger partial charge in [0.1, 0.15) is 0 Å². The van der Waals surface area contributed by atoms with Gasteiger partial charge in [0.15, 0.2) is 0 Å². The Kier molecular flexibility index (Phi) is 7.54. The molecule has 0 fully saturated rings. The Morgan fingerprint density at radius 3 is 2.35 bits per heavy atom. The molecule has 0 unspecified atom stereocenters. The lowest BCUT2D eigenvalue weighted by Gasteiger charge is -2.20. The van der Waals surface area contributed by atoms with Crippen molar-refractivity contribution in [3.05, 3.63) is 29.8 Å². The predicted octanol–water partition coefficient (Wildman–Crippen LogP) is 1.78. The number of ether oxygens (including phenoxy) is 1. The van der Waals surface area contributed by atoms with E-state index in [0.717, 1.165) is 12.1 Å². The van der Waals surface area contributed by atoms with Crippen LogP contribution in [0.5, 0.6) is 0 Å². The highest BCUT2D eigenvalue weighted by Gasteiger charge is 2.13. The summed E-state index contributed by atoms with van der Waals surface area (Å²) in [6.07, 6.45) is 0.783. The van der Waals surface area contributed by atoms with Crippen molar-refractivity contribution in [2.75, 3.05) is 32.1 Å². The molecule has 2 amide bonds. The topological polar surface area (TPSA) is 79.5 Å². The molecule has 1 aromatic carbocycles. The zero-order valence-corrected chi connectivity index (χ0v) is 14.4. The van der Waals surface area contributed by atoms with Gasteiger partial charge in [-0.3, -0.25) is 9.59 Å². The standard InChI is InChI=1S/C17H27N3O3/c1-17(2,3)20-15(21)12-19-14-8-6-13(7-9-14)16(22)18-10-5-11-23-4/h6-9,19H,5,10-12H2,1-4H3,(H,18,22)(H,20,21). The number of carbonyl (C=O) groups excluding carboxylic acids is 2. The van der Waals surface area contributed by atoms with Crippen molar-refractivity contribution in [2.45, 2.75) is 32.7 Å². The molecule has 0 saturated carbocycles. The van der Waals surface area contributed by atoms with Crippen molar-refractivity contribution < 1.29 is 14.3 Å². The minimum atomic E-state index is -0.247. The quantitative estimate of drug-likeness (QED) is 0.638. The van der Waals surface area contributed by atoms with Crippen LogP contribution in [0.25, 0.3) is 0 Å². The van der Waals surface area contributed by atoms with E-state index in [9.17, 15) is 9.59 Å². The number of hydrogen-bond acceptors (Lipinski definition) is 4. The smallest absolute Gasteiger partial charge is 0.251 e. The second-order valence-corrected chi connectivity index (χ2v) is 6.33. The minimum Gasteiger partial charge on any atom is -0.385 e. The Morgan fingerprint density at radius 2 is 1.78 bits per heavy atom. The van der Waals surface area contributed by atoms with Crippen LogP contribution in [0.3, 0.4) is 0 Å². The van der Waals surface area contributed by atoms with Crippen LogP contribution in [0.4, 0.5) is 5.69 Å². The molecular weight excluding hydrogens is 294 g/mol. The SMILES string of the molecule is COCCCNC(=O)c1ccc(NCC(=O)NC(C)(C)C)cc1. The fourth-order valence-electron chi connectivity index (χ4n) is 1.90. The second-order valence-electron chi connectivity index (χ2n) is 6.33. The molecule has 0 spiro atoms. The van der Waals surface area contributed by atoms with E-state index in [0.29, 0.717) is 18.7 Å². The van der Waals surface area contributed by atoms with Crippen LogP contribution < -0.4 is 16.0 Å². The van der Waals surface area contributed by atoms with Gasteiger partial charge in [-0.05, 0) is 51.5 Å². The summed E-state index contributed by atoms with van der Waals surface area (Å²) in [5.41, 5.74) is 1.14. The van der Waals surface area contributed by atoms with Gasteiger partial charge in [-0.15, -0.1) is 0 Å². The maximum atomic E-state index is 11.9. The summed E-state index contributed by atoms with van der Waals surface area (Å²) in [6, 6.07) is 7.04. The molecule has 128 valence electrons. The third-order valence-electron chi connectivity index (χ3n) is 2.93. The van der Waals surface area contributed by atoms with Crippen LogP contribution in [0.1, 0.15) is 37.6 Å². The van der Waals surface area contributed by atoms with Gasteiger partial charge in [0, 0.05) is 37.1 Å². The molecule has 6 nitrogen and oxygen atoms in total. The largest absolute Gasteiger partial charge is 0.385 e. The average molecular weight is 321 g/mol. The van der Waals surface area contributed by atoms with Crippen LogP contribution in [-0.2, 0) is 9.53 Å². The summed E-state index contributed by atoms with van der Waals surface area (Å²) in [5.74, 6) is -0.185. The number of amides is 2. The van der Waals surface area contributed by atoms with Crippen molar-refractivity contribution in [2.24, 2.45) is 0 Å². The number of nitrogens with one attached hydrogen (secondary N) is 3. The molecule has 0 aliphatic carbocycles. The molecule has 23 heavy (non-hydrogen) atoms. The Balaban J connectivity index is 2.41. The molecule has 0 aliphatic rings. The lowest BCUT2D eigenvalue weighted by molar-refractivity contribution is -0.120. The molecule has 0 radical (unpaired) electrons. The van der Waals surface area contributed by atoms with E-state index in [2.05, 4.69) is 16.0 Å². The van der Waals surface area contributed by atoms with E-state index in [4.69, 9.17) is 4.74 Å². The Hall–Kier alpha value is -2.08. The maximum Gasteiger partial charge on any atom is 0.251 e. The Morgan fingerprint density at radius 1 is 1.13 bits per heavy atom. The second kappa shape index (κ2) is 9.15. The van der Waals surface area contributed by atoms with Crippen molar-refractivity contribution in [3.63, 3.8) is 0 Å². The molecule has 1 rings (SSSR count). The lowest BCUT2D eigenvalue weighted by atomic mass is 10.1. The highest BCUT2D eigenvalue weighted by molar-refractivity contribution is 5.94. The van der Waals surface area contributed by atoms with E-state index in [1.54, 1.807) is 31.4 Å². The number of hydrogen-bond donors (Lipinski definition) is 3. The number of methoxy groups -OCH3 is 1. The van der Waals surface area contributed by atoms with Gasteiger partial charge in [0.05, 0.1) is 6.54 Å². The first-order valence-electron chi connectivity index (χ1n) is 7.74. The molecule has 0 aliphatic heterocycles. The monoisotopic (exact) mass is 321 g/mol. The third-order valence-corrected chi connectivity index (χ3v) is 2.93. The predicted molar refractivity (Wildman–Crippen MR) is 91.7 cm³/mol. The van der Waals surface area contributed by atoms with Crippen LogP contribution in [0, 0.1) is 0 Å². The van der Waals surface area contributed by atoms with Gasteiger partial charge in [-0.2, -0.15) is 0 Å². The molecular formula is C17H27N3O3. The molecule has 3 N–H and O–H groups in total. The van der Waals surface area contributed by atoms with E-state index in [1.807, 2.05) is 20.8 Å². The molecule has 0 heterocycles. The average Bonchev–Trinajstić information content (AvgIpc) is 2.48. The minimum absolute atomic E-state index is 0.0718. The highest BCUT2D eigenvalue weighted by Crippen LogP contribution is 2.09. The Labute approximate surface area is 138 Å². The van der Waals surface area contributed by atoms with Crippen molar-refractivity contribution in [1.29, 1.82) is 0 Å². The third kappa shape index (κ3) is 8.21. The summed E-state index contributed by atoms with van der Waals surface area (Å²) in [5, 5.41) is 8.74. The van der Waals surface area contributed by atoms with E-state index >= 15 is 0 Å². The first kappa shape index (κ1) is 19.0. The fourth-order valence-corrected chi connectivity index (χ4v) is 1.90. The molecule has 0 aromatic heterocycles. The molecule has 1 aromatic rings. The summed E-state index contributed by atoms with van der Waals surface area (Å²) >= 11 is 0. The molecule has 0 atom stereocenters. The number of rotatable bonds is 8. The van der Waals surface area contributed by atoms with Crippen LogP contribution in [0.2, 0.25) is 0 Å². The molecule has 0 bridgehead atoms. The van der Waals surface area contributed by atoms with Gasteiger partial charge in [-0.1, -0.05) is 0 Å². The summed E-state index contributed by atoms with van der Waals surface area (Å²) in [7, 11) is 1.63. The summed E-state index contributed by atoms with van der Waals surface area (Å²) < 4.78 is 4.93. The van der Waals surface area contributed by atoms with Crippen molar-refractivity contribution >= 4 is 17.5 Å². The van der Waals surface area contributed by atoms with Gasteiger partial charge in [0.25, 0.3) is 5.91 Å². The van der Waals surface area contributed by atoms with Crippen LogP contribution in [0.15, 0.2) is 24.3 Å². The first-order chi connectivity index (χ1) is 10.8. The van der Waals surface area contributed by atoms with Crippen LogP contribution >= 0.6 is 0 Å². The van der Waals surface area contributed by atoms with Gasteiger partial charge < -0.3 is 20.7 Å². The van der Waals surface area contributed by atoms with E-state index in [1.165, 1.54) is 0 Å². The zero-order chi connectivity index (χ0) is 17.3. The highest BCUT2D eigenvalue weighted by atomic mass is 16.5. The summed E-state index contributed by atoms with van der Waals surface area (Å²) in [6.45, 7) is 7.21. The molecule has 6 heteroatoms. The van der Waals surface area contributed by atoms with Crippen molar-refractivity contribution in [3.8, 4) is 0 Å². The maximum absolute atomic E-state index is 11.9.